The number of carboxylic acids is 1. The Morgan fingerprint density at radius 3 is 2.35 bits per heavy atom. The smallest absolute Gasteiger partial charge is 0.311 e. The third-order valence-corrected chi connectivity index (χ3v) is 3.77. The van der Waals surface area contributed by atoms with Crippen LogP contribution in [0, 0.1) is 5.41 Å². The molecule has 0 spiro atoms. The highest BCUT2D eigenvalue weighted by atomic mass is 32.1. The van der Waals surface area contributed by atoms with Crippen molar-refractivity contribution in [2.45, 2.75) is 33.2 Å². The van der Waals surface area contributed by atoms with Gasteiger partial charge in [0.25, 0.3) is 5.91 Å². The van der Waals surface area contributed by atoms with E-state index in [0.717, 1.165) is 11.5 Å². The molecule has 0 atom stereocenters. The fourth-order valence-corrected chi connectivity index (χ4v) is 1.45. The zero-order valence-corrected chi connectivity index (χ0v) is 11.0. The van der Waals surface area contributed by atoms with Crippen LogP contribution in [0.5, 0.6) is 0 Å². The molecule has 0 fully saturated rings. The highest BCUT2D eigenvalue weighted by Gasteiger charge is 2.44. The number of carboxylic acid groups (broad SMARTS) is 1. The SMILES string of the molecule is CC(C)(NC(=O)c1cnns1)C(C)(C)C(=O)O. The van der Waals surface area contributed by atoms with Gasteiger partial charge in [-0.1, -0.05) is 4.49 Å². The predicted octanol–water partition coefficient (Wildman–Crippen LogP) is 1.16. The molecule has 0 radical (unpaired) electrons. The largest absolute Gasteiger partial charge is 0.481 e. The van der Waals surface area contributed by atoms with Crippen molar-refractivity contribution in [3.8, 4) is 0 Å². The number of carbonyl (C=O) groups is 2. The summed E-state index contributed by atoms with van der Waals surface area (Å²) in [5.41, 5.74) is -1.97. The van der Waals surface area contributed by atoms with Crippen molar-refractivity contribution in [2.75, 3.05) is 0 Å². The van der Waals surface area contributed by atoms with Crippen LogP contribution in [0.3, 0.4) is 0 Å². The van der Waals surface area contributed by atoms with Gasteiger partial charge in [-0.3, -0.25) is 9.59 Å². The van der Waals surface area contributed by atoms with Crippen molar-refractivity contribution in [1.82, 2.24) is 14.9 Å². The van der Waals surface area contributed by atoms with E-state index in [0.29, 0.717) is 4.88 Å². The topological polar surface area (TPSA) is 92.2 Å². The van der Waals surface area contributed by atoms with Crippen LogP contribution in [0.25, 0.3) is 0 Å². The number of nitrogens with one attached hydrogen (secondary N) is 1. The lowest BCUT2D eigenvalue weighted by Gasteiger charge is -2.38. The van der Waals surface area contributed by atoms with Crippen LogP contribution < -0.4 is 5.32 Å². The molecule has 1 heterocycles. The number of aromatic nitrogens is 2. The lowest BCUT2D eigenvalue weighted by molar-refractivity contribution is -0.150. The fourth-order valence-electron chi connectivity index (χ4n) is 1.04. The summed E-state index contributed by atoms with van der Waals surface area (Å²) in [7, 11) is 0. The molecule has 1 aromatic rings. The van der Waals surface area contributed by atoms with Crippen molar-refractivity contribution in [3.63, 3.8) is 0 Å². The normalized spacial score (nSPS) is 12.2. The maximum Gasteiger partial charge on any atom is 0.311 e. The van der Waals surface area contributed by atoms with E-state index < -0.39 is 16.9 Å². The number of nitrogens with zero attached hydrogens (tertiary/aromatic N) is 2. The van der Waals surface area contributed by atoms with Crippen molar-refractivity contribution in [3.05, 3.63) is 11.1 Å². The predicted molar refractivity (Wildman–Crippen MR) is 62.9 cm³/mol. The maximum atomic E-state index is 11.8. The summed E-state index contributed by atoms with van der Waals surface area (Å²) in [5, 5.41) is 15.4. The van der Waals surface area contributed by atoms with Gasteiger partial charge in [-0.05, 0) is 39.2 Å². The van der Waals surface area contributed by atoms with E-state index in [9.17, 15) is 9.59 Å². The zero-order chi connectivity index (χ0) is 13.3. The lowest BCUT2D eigenvalue weighted by Crippen LogP contribution is -2.56. The molecule has 1 amide bonds. The van der Waals surface area contributed by atoms with Crippen LogP contribution in [-0.4, -0.2) is 32.1 Å². The van der Waals surface area contributed by atoms with Gasteiger partial charge in [-0.15, -0.1) is 5.10 Å². The molecule has 0 bridgehead atoms. The third kappa shape index (κ3) is 2.60. The molecule has 1 aromatic heterocycles. The Bertz CT molecular complexity index is 426. The highest BCUT2D eigenvalue weighted by Crippen LogP contribution is 2.31. The minimum absolute atomic E-state index is 0.360. The first kappa shape index (κ1) is 13.6. The van der Waals surface area contributed by atoms with Crippen LogP contribution in [-0.2, 0) is 4.79 Å². The summed E-state index contributed by atoms with van der Waals surface area (Å²) in [6.07, 6.45) is 1.35. The lowest BCUT2D eigenvalue weighted by atomic mass is 9.74. The molecule has 94 valence electrons. The van der Waals surface area contributed by atoms with Gasteiger partial charge in [0, 0.05) is 0 Å². The summed E-state index contributed by atoms with van der Waals surface area (Å²) < 4.78 is 3.59. The van der Waals surface area contributed by atoms with Gasteiger partial charge in [-0.25, -0.2) is 0 Å². The van der Waals surface area contributed by atoms with Crippen molar-refractivity contribution in [1.29, 1.82) is 0 Å². The molecule has 0 aromatic carbocycles. The summed E-state index contributed by atoms with van der Waals surface area (Å²) >= 11 is 0.970. The van der Waals surface area contributed by atoms with E-state index >= 15 is 0 Å². The van der Waals surface area contributed by atoms with Gasteiger partial charge in [0.1, 0.15) is 4.88 Å². The Kier molecular flexibility index (Phi) is 3.51. The molecule has 0 aliphatic rings. The molecular weight excluding hydrogens is 242 g/mol. The monoisotopic (exact) mass is 257 g/mol. The second-order valence-electron chi connectivity index (χ2n) is 4.79. The minimum atomic E-state index is -1.08. The molecular formula is C10H15N3O3S. The number of rotatable bonds is 4. The van der Waals surface area contributed by atoms with E-state index in [-0.39, 0.29) is 5.91 Å². The number of amides is 1. The Morgan fingerprint density at radius 1 is 1.35 bits per heavy atom. The van der Waals surface area contributed by atoms with Crippen LogP contribution in [0.15, 0.2) is 6.20 Å². The van der Waals surface area contributed by atoms with E-state index in [1.165, 1.54) is 6.20 Å². The second kappa shape index (κ2) is 4.40. The quantitative estimate of drug-likeness (QED) is 0.844. The fraction of sp³-hybridized carbons (Fsp3) is 0.600. The molecule has 17 heavy (non-hydrogen) atoms. The summed E-state index contributed by atoms with van der Waals surface area (Å²) in [6.45, 7) is 6.49. The Balaban J connectivity index is 2.87. The van der Waals surface area contributed by atoms with E-state index in [1.54, 1.807) is 27.7 Å². The van der Waals surface area contributed by atoms with Gasteiger partial charge in [0.05, 0.1) is 17.2 Å². The Labute approximate surface area is 103 Å². The molecule has 6 nitrogen and oxygen atoms in total. The van der Waals surface area contributed by atoms with Gasteiger partial charge >= 0.3 is 5.97 Å². The van der Waals surface area contributed by atoms with Crippen LogP contribution in [0.4, 0.5) is 0 Å². The van der Waals surface area contributed by atoms with Crippen LogP contribution in [0.2, 0.25) is 0 Å². The molecule has 0 aliphatic heterocycles. The molecule has 0 saturated carbocycles. The third-order valence-electron chi connectivity index (χ3n) is 3.11. The first-order chi connectivity index (χ1) is 7.68. The molecule has 7 heteroatoms. The number of aliphatic carboxylic acids is 1. The first-order valence-corrected chi connectivity index (χ1v) is 5.79. The Morgan fingerprint density at radius 2 is 1.94 bits per heavy atom. The van der Waals surface area contributed by atoms with Gasteiger partial charge < -0.3 is 10.4 Å². The van der Waals surface area contributed by atoms with Crippen LogP contribution >= 0.6 is 11.5 Å². The zero-order valence-electron chi connectivity index (χ0n) is 10.1. The van der Waals surface area contributed by atoms with Crippen molar-refractivity contribution < 1.29 is 14.7 Å². The molecule has 0 saturated heterocycles. The maximum absolute atomic E-state index is 11.8. The number of carbonyl (C=O) groups excluding carboxylic acids is 1. The summed E-state index contributed by atoms with van der Waals surface area (Å²) in [6, 6.07) is 0. The second-order valence-corrected chi connectivity index (χ2v) is 5.58. The van der Waals surface area contributed by atoms with E-state index in [4.69, 9.17) is 5.11 Å². The minimum Gasteiger partial charge on any atom is -0.481 e. The summed E-state index contributed by atoms with van der Waals surface area (Å²) in [5.74, 6) is -1.33. The number of hydrogen-bond acceptors (Lipinski definition) is 5. The first-order valence-electron chi connectivity index (χ1n) is 5.02. The van der Waals surface area contributed by atoms with Crippen molar-refractivity contribution >= 4 is 23.4 Å². The average molecular weight is 257 g/mol. The van der Waals surface area contributed by atoms with E-state index in [2.05, 4.69) is 14.9 Å². The average Bonchev–Trinajstić information content (AvgIpc) is 2.68. The van der Waals surface area contributed by atoms with Gasteiger partial charge in [0.15, 0.2) is 0 Å². The van der Waals surface area contributed by atoms with E-state index in [1.807, 2.05) is 0 Å². The number of hydrogen-bond donors (Lipinski definition) is 2. The van der Waals surface area contributed by atoms with Gasteiger partial charge in [0.2, 0.25) is 0 Å². The van der Waals surface area contributed by atoms with Crippen molar-refractivity contribution in [2.24, 2.45) is 5.41 Å². The summed E-state index contributed by atoms with van der Waals surface area (Å²) in [4.78, 5) is 23.3. The standard InChI is InChI=1S/C10H15N3O3S/c1-9(2,8(15)16)10(3,4)12-7(14)6-5-11-13-17-6/h5H,1-4H3,(H,12,14)(H,15,16). The molecule has 0 unspecified atom stereocenters. The Hall–Kier alpha value is -1.50. The highest BCUT2D eigenvalue weighted by molar-refractivity contribution is 7.07. The molecule has 1 rings (SSSR count). The van der Waals surface area contributed by atoms with Crippen LogP contribution in [0.1, 0.15) is 37.4 Å². The molecule has 2 N–H and O–H groups in total. The van der Waals surface area contributed by atoms with Gasteiger partial charge in [-0.2, -0.15) is 0 Å². The molecule has 0 aliphatic carbocycles.